The molecule has 1 aliphatic carbocycles. The van der Waals surface area contributed by atoms with Crippen molar-refractivity contribution in [3.63, 3.8) is 0 Å². The molecular formula is C22H26N2O2S. The third-order valence-electron chi connectivity index (χ3n) is 5.86. The van der Waals surface area contributed by atoms with Gasteiger partial charge in [0.05, 0.1) is 10.8 Å². The van der Waals surface area contributed by atoms with Crippen molar-refractivity contribution in [1.82, 2.24) is 0 Å². The molecule has 142 valence electrons. The second kappa shape index (κ2) is 7.47. The summed E-state index contributed by atoms with van der Waals surface area (Å²) in [5.74, 6) is -0.598. The Morgan fingerprint density at radius 1 is 1.11 bits per heavy atom. The number of aryl methyl sites for hydroxylation is 2. The summed E-state index contributed by atoms with van der Waals surface area (Å²) < 4.78 is 0. The van der Waals surface area contributed by atoms with Crippen LogP contribution in [0.1, 0.15) is 70.6 Å². The van der Waals surface area contributed by atoms with Crippen LogP contribution in [0.15, 0.2) is 30.3 Å². The largest absolute Gasteiger partial charge is 0.369 e. The van der Waals surface area contributed by atoms with E-state index in [-0.39, 0.29) is 23.8 Å². The molecule has 2 amide bonds. The highest BCUT2D eigenvalue weighted by Crippen LogP contribution is 2.40. The van der Waals surface area contributed by atoms with Crippen molar-refractivity contribution in [3.05, 3.63) is 51.2 Å². The van der Waals surface area contributed by atoms with Gasteiger partial charge >= 0.3 is 0 Å². The lowest BCUT2D eigenvalue weighted by atomic mass is 9.85. The number of carbonyl (C=O) groups is 2. The number of rotatable bonds is 2. The number of thiophene rings is 1. The van der Waals surface area contributed by atoms with E-state index in [0.29, 0.717) is 6.42 Å². The van der Waals surface area contributed by atoms with Gasteiger partial charge in [-0.3, -0.25) is 9.59 Å². The van der Waals surface area contributed by atoms with Crippen LogP contribution in [0.4, 0.5) is 5.69 Å². The van der Waals surface area contributed by atoms with Gasteiger partial charge in [-0.1, -0.05) is 31.0 Å². The van der Waals surface area contributed by atoms with Crippen LogP contribution >= 0.6 is 11.3 Å². The van der Waals surface area contributed by atoms with E-state index < -0.39 is 0 Å². The predicted molar refractivity (Wildman–Crippen MR) is 109 cm³/mol. The van der Waals surface area contributed by atoms with E-state index in [1.54, 1.807) is 11.3 Å². The summed E-state index contributed by atoms with van der Waals surface area (Å²) in [7, 11) is 0. The number of primary amides is 1. The normalized spacial score (nSPS) is 22.3. The Balaban J connectivity index is 1.70. The van der Waals surface area contributed by atoms with E-state index in [1.165, 1.54) is 36.1 Å². The lowest BCUT2D eigenvalue weighted by molar-refractivity contribution is -0.119. The zero-order chi connectivity index (χ0) is 19.0. The SMILES string of the molecule is C[C@H]1C[C@H](C(N)=O)c2ccccc2N1C(=O)c1cc2c(s1)CCCCCC2. The standard InChI is InChI=1S/C22H26N2O2S/c1-14-12-17(21(23)25)16-9-6-7-10-18(16)24(14)22(26)20-13-15-8-4-2-3-5-11-19(15)27-20/h6-7,9-10,13-14,17H,2-5,8,11-12H2,1H3,(H2,23,25)/t14-,17-/m0/s1. The quantitative estimate of drug-likeness (QED) is 0.836. The maximum absolute atomic E-state index is 13.5. The molecule has 0 unspecified atom stereocenters. The number of anilines is 1. The average molecular weight is 383 g/mol. The fourth-order valence-corrected chi connectivity index (χ4v) is 5.65. The van der Waals surface area contributed by atoms with Gasteiger partial charge in [0.1, 0.15) is 0 Å². The fraction of sp³-hybridized carbons (Fsp3) is 0.455. The van der Waals surface area contributed by atoms with E-state index in [0.717, 1.165) is 29.0 Å². The summed E-state index contributed by atoms with van der Waals surface area (Å²) >= 11 is 1.66. The minimum absolute atomic E-state index is 0.0506. The number of para-hydroxylation sites is 1. The van der Waals surface area contributed by atoms with Crippen LogP contribution in [-0.2, 0) is 17.6 Å². The Morgan fingerprint density at radius 2 is 1.85 bits per heavy atom. The van der Waals surface area contributed by atoms with Crippen molar-refractivity contribution in [3.8, 4) is 0 Å². The Bertz CT molecular complexity index is 847. The van der Waals surface area contributed by atoms with Gasteiger partial charge in [-0.15, -0.1) is 11.3 Å². The monoisotopic (exact) mass is 382 g/mol. The van der Waals surface area contributed by atoms with Crippen molar-refractivity contribution >= 4 is 28.8 Å². The molecule has 0 spiro atoms. The summed E-state index contributed by atoms with van der Waals surface area (Å²) in [5.41, 5.74) is 8.68. The van der Waals surface area contributed by atoms with Crippen molar-refractivity contribution in [2.75, 3.05) is 4.90 Å². The van der Waals surface area contributed by atoms with E-state index in [2.05, 4.69) is 6.07 Å². The van der Waals surface area contributed by atoms with Gasteiger partial charge in [0.2, 0.25) is 5.91 Å². The van der Waals surface area contributed by atoms with Gasteiger partial charge < -0.3 is 10.6 Å². The van der Waals surface area contributed by atoms with Crippen LogP contribution in [-0.4, -0.2) is 17.9 Å². The number of fused-ring (bicyclic) bond motifs is 2. The maximum Gasteiger partial charge on any atom is 0.268 e. The molecule has 2 heterocycles. The topological polar surface area (TPSA) is 63.4 Å². The van der Waals surface area contributed by atoms with Crippen molar-refractivity contribution in [2.24, 2.45) is 5.73 Å². The molecule has 1 aliphatic heterocycles. The predicted octanol–water partition coefficient (Wildman–Crippen LogP) is 4.42. The molecule has 0 radical (unpaired) electrons. The fourth-order valence-electron chi connectivity index (χ4n) is 4.46. The number of hydrogen-bond donors (Lipinski definition) is 1. The van der Waals surface area contributed by atoms with Crippen LogP contribution in [0.5, 0.6) is 0 Å². The summed E-state index contributed by atoms with van der Waals surface area (Å²) in [6.45, 7) is 2.01. The van der Waals surface area contributed by atoms with Crippen LogP contribution in [0.2, 0.25) is 0 Å². The van der Waals surface area contributed by atoms with Crippen LogP contribution in [0, 0.1) is 0 Å². The van der Waals surface area contributed by atoms with Crippen molar-refractivity contribution < 1.29 is 9.59 Å². The third-order valence-corrected chi connectivity index (χ3v) is 7.08. The first-order valence-corrected chi connectivity index (χ1v) is 10.7. The first-order chi connectivity index (χ1) is 13.1. The molecule has 0 saturated carbocycles. The number of carbonyl (C=O) groups excluding carboxylic acids is 2. The van der Waals surface area contributed by atoms with Gasteiger partial charge in [0.25, 0.3) is 5.91 Å². The lowest BCUT2D eigenvalue weighted by Crippen LogP contribution is -2.45. The summed E-state index contributed by atoms with van der Waals surface area (Å²) in [5, 5.41) is 0. The molecule has 4 rings (SSSR count). The minimum Gasteiger partial charge on any atom is -0.369 e. The molecule has 27 heavy (non-hydrogen) atoms. The molecule has 1 aromatic carbocycles. The Kier molecular flexibility index (Phi) is 5.04. The van der Waals surface area contributed by atoms with Gasteiger partial charge in [-0.25, -0.2) is 0 Å². The van der Waals surface area contributed by atoms with Gasteiger partial charge in [-0.05, 0) is 62.3 Å². The van der Waals surface area contributed by atoms with Crippen molar-refractivity contribution in [2.45, 2.75) is 63.8 Å². The number of nitrogens with two attached hydrogens (primary N) is 1. The highest BCUT2D eigenvalue weighted by Gasteiger charge is 2.36. The second-order valence-corrected chi connectivity index (χ2v) is 8.88. The molecule has 2 atom stereocenters. The average Bonchev–Trinajstić information content (AvgIpc) is 3.02. The van der Waals surface area contributed by atoms with Gasteiger partial charge in [0.15, 0.2) is 0 Å². The molecule has 5 heteroatoms. The van der Waals surface area contributed by atoms with Gasteiger partial charge in [0, 0.05) is 16.6 Å². The first kappa shape index (κ1) is 18.2. The highest BCUT2D eigenvalue weighted by molar-refractivity contribution is 7.14. The van der Waals surface area contributed by atoms with E-state index in [4.69, 9.17) is 5.73 Å². The molecule has 1 aromatic heterocycles. The Morgan fingerprint density at radius 3 is 2.63 bits per heavy atom. The minimum atomic E-state index is -0.330. The molecule has 0 bridgehead atoms. The number of benzene rings is 1. The Labute approximate surface area is 164 Å². The van der Waals surface area contributed by atoms with Crippen molar-refractivity contribution in [1.29, 1.82) is 0 Å². The molecule has 4 nitrogen and oxygen atoms in total. The second-order valence-electron chi connectivity index (χ2n) is 7.75. The zero-order valence-electron chi connectivity index (χ0n) is 15.7. The van der Waals surface area contributed by atoms with Crippen LogP contribution in [0.3, 0.4) is 0 Å². The number of amides is 2. The molecule has 2 N–H and O–H groups in total. The van der Waals surface area contributed by atoms with E-state index in [1.807, 2.05) is 36.1 Å². The third kappa shape index (κ3) is 3.41. The van der Waals surface area contributed by atoms with E-state index in [9.17, 15) is 9.59 Å². The number of nitrogens with zero attached hydrogens (tertiary/aromatic N) is 1. The smallest absolute Gasteiger partial charge is 0.268 e. The summed E-state index contributed by atoms with van der Waals surface area (Å²) in [6, 6.07) is 9.73. The van der Waals surface area contributed by atoms with E-state index >= 15 is 0 Å². The van der Waals surface area contributed by atoms with Crippen LogP contribution < -0.4 is 10.6 Å². The zero-order valence-corrected chi connectivity index (χ0v) is 16.6. The molecule has 0 saturated heterocycles. The molecule has 2 aliphatic rings. The highest BCUT2D eigenvalue weighted by atomic mass is 32.1. The van der Waals surface area contributed by atoms with Gasteiger partial charge in [-0.2, -0.15) is 0 Å². The summed E-state index contributed by atoms with van der Waals surface area (Å²) in [4.78, 5) is 29.5. The summed E-state index contributed by atoms with van der Waals surface area (Å²) in [6.07, 6.45) is 7.72. The lowest BCUT2D eigenvalue weighted by Gasteiger charge is -2.38. The molecule has 0 fully saturated rings. The molecular weight excluding hydrogens is 356 g/mol. The number of hydrogen-bond acceptors (Lipinski definition) is 3. The van der Waals surface area contributed by atoms with Crippen LogP contribution in [0.25, 0.3) is 0 Å². The Hall–Kier alpha value is -2.14. The first-order valence-electron chi connectivity index (χ1n) is 9.89. The maximum atomic E-state index is 13.5. The molecule has 2 aromatic rings.